The van der Waals surface area contributed by atoms with Crippen LogP contribution in [0.3, 0.4) is 0 Å². The van der Waals surface area contributed by atoms with E-state index in [-0.39, 0.29) is 29.7 Å². The summed E-state index contributed by atoms with van der Waals surface area (Å²) in [5, 5.41) is 2.84. The molecule has 1 fully saturated rings. The lowest BCUT2D eigenvalue weighted by atomic mass is 10.1. The third kappa shape index (κ3) is 6.87. The van der Waals surface area contributed by atoms with Gasteiger partial charge in [-0.05, 0) is 61.6 Å². The minimum atomic E-state index is -3.47. The first-order chi connectivity index (χ1) is 17.8. The maximum atomic E-state index is 13.3. The van der Waals surface area contributed by atoms with Crippen LogP contribution < -0.4 is 5.32 Å². The summed E-state index contributed by atoms with van der Waals surface area (Å²) in [5.74, 6) is 0.215. The van der Waals surface area contributed by atoms with Gasteiger partial charge in [0, 0.05) is 26.1 Å². The van der Waals surface area contributed by atoms with E-state index in [1.807, 2.05) is 30.3 Å². The van der Waals surface area contributed by atoms with Crippen molar-refractivity contribution in [3.05, 3.63) is 89.9 Å². The predicted molar refractivity (Wildman–Crippen MR) is 140 cm³/mol. The van der Waals surface area contributed by atoms with E-state index < -0.39 is 16.1 Å². The molecule has 196 valence electrons. The zero-order chi connectivity index (χ0) is 26.3. The van der Waals surface area contributed by atoms with Crippen LogP contribution in [-0.2, 0) is 39.1 Å². The average molecular weight is 524 g/mol. The number of nitrogens with one attached hydrogen (secondary N) is 1. The summed E-state index contributed by atoms with van der Waals surface area (Å²) in [7, 11) is -3.47. The Morgan fingerprint density at radius 3 is 2.32 bits per heavy atom. The van der Waals surface area contributed by atoms with Crippen LogP contribution in [0.15, 0.2) is 82.3 Å². The van der Waals surface area contributed by atoms with Gasteiger partial charge in [-0.15, -0.1) is 0 Å². The van der Waals surface area contributed by atoms with Crippen molar-refractivity contribution < 1.29 is 22.4 Å². The lowest BCUT2D eigenvalue weighted by molar-refractivity contribution is -0.140. The van der Waals surface area contributed by atoms with E-state index in [4.69, 9.17) is 4.42 Å². The summed E-state index contributed by atoms with van der Waals surface area (Å²) in [5.41, 5.74) is 1.79. The zero-order valence-corrected chi connectivity index (χ0v) is 21.8. The zero-order valence-electron chi connectivity index (χ0n) is 21.0. The highest BCUT2D eigenvalue weighted by molar-refractivity contribution is 7.89. The Balaban J connectivity index is 1.40. The first-order valence-electron chi connectivity index (χ1n) is 12.6. The molecular weight excluding hydrogens is 490 g/mol. The van der Waals surface area contributed by atoms with Crippen molar-refractivity contribution in [2.75, 3.05) is 13.1 Å². The maximum absolute atomic E-state index is 13.3. The van der Waals surface area contributed by atoms with E-state index in [2.05, 4.69) is 5.32 Å². The standard InChI is InChI=1S/C28H33N3O5S/c1-22(28(33)29-20-25-10-7-19-36-25)31(21-24-8-3-2-4-9-24)27(32)16-13-23-11-14-26(15-12-23)37(34,35)30-17-5-6-18-30/h2-4,7-12,14-15,19,22H,5-6,13,16-18,20-21H2,1H3,(H,29,33)/t22-/m0/s1. The first-order valence-corrected chi connectivity index (χ1v) is 14.0. The summed E-state index contributed by atoms with van der Waals surface area (Å²) >= 11 is 0. The number of rotatable bonds is 11. The van der Waals surface area contributed by atoms with Gasteiger partial charge >= 0.3 is 0 Å². The molecule has 9 heteroatoms. The highest BCUT2D eigenvalue weighted by Crippen LogP contribution is 2.22. The van der Waals surface area contributed by atoms with Crippen LogP contribution in [0.2, 0.25) is 0 Å². The van der Waals surface area contributed by atoms with Crippen LogP contribution in [-0.4, -0.2) is 48.6 Å². The Labute approximate surface area is 218 Å². The van der Waals surface area contributed by atoms with Gasteiger partial charge in [0.2, 0.25) is 21.8 Å². The Bertz CT molecular complexity index is 1270. The maximum Gasteiger partial charge on any atom is 0.243 e. The highest BCUT2D eigenvalue weighted by Gasteiger charge is 2.28. The fraction of sp³-hybridized carbons (Fsp3) is 0.357. The number of aryl methyl sites for hydroxylation is 1. The number of amides is 2. The lowest BCUT2D eigenvalue weighted by Gasteiger charge is -2.29. The normalized spacial score (nSPS) is 14.8. The number of nitrogens with zero attached hydrogens (tertiary/aromatic N) is 2. The topological polar surface area (TPSA) is 99.9 Å². The number of hydrogen-bond donors (Lipinski definition) is 1. The Hall–Kier alpha value is -3.43. The molecule has 2 amide bonds. The van der Waals surface area contributed by atoms with Crippen molar-refractivity contribution in [1.29, 1.82) is 0 Å². The van der Waals surface area contributed by atoms with Crippen LogP contribution >= 0.6 is 0 Å². The van der Waals surface area contributed by atoms with Gasteiger partial charge < -0.3 is 14.6 Å². The molecule has 0 unspecified atom stereocenters. The van der Waals surface area contributed by atoms with Crippen molar-refractivity contribution in [2.45, 2.75) is 56.6 Å². The molecule has 0 spiro atoms. The van der Waals surface area contributed by atoms with Gasteiger partial charge in [-0.25, -0.2) is 8.42 Å². The molecule has 8 nitrogen and oxygen atoms in total. The van der Waals surface area contributed by atoms with Crippen molar-refractivity contribution in [3.63, 3.8) is 0 Å². The molecule has 2 heterocycles. The van der Waals surface area contributed by atoms with Gasteiger partial charge in [0.05, 0.1) is 17.7 Å². The number of carbonyl (C=O) groups excluding carboxylic acids is 2. The SMILES string of the molecule is C[C@@H](C(=O)NCc1ccco1)N(Cc1ccccc1)C(=O)CCc1ccc(S(=O)(=O)N2CCCC2)cc1. The fourth-order valence-electron chi connectivity index (χ4n) is 4.40. The van der Waals surface area contributed by atoms with E-state index in [1.165, 1.54) is 4.31 Å². The molecular formula is C28H33N3O5S. The second-order valence-corrected chi connectivity index (χ2v) is 11.2. The van der Waals surface area contributed by atoms with Crippen molar-refractivity contribution >= 4 is 21.8 Å². The van der Waals surface area contributed by atoms with Crippen LogP contribution in [0, 0.1) is 0 Å². The van der Waals surface area contributed by atoms with Crippen LogP contribution in [0.4, 0.5) is 0 Å². The summed E-state index contributed by atoms with van der Waals surface area (Å²) in [6, 6.07) is 19.1. The molecule has 0 aliphatic carbocycles. The largest absolute Gasteiger partial charge is 0.467 e. The molecule has 1 aliphatic rings. The van der Waals surface area contributed by atoms with E-state index in [9.17, 15) is 18.0 Å². The quantitative estimate of drug-likeness (QED) is 0.413. The molecule has 1 aromatic heterocycles. The molecule has 0 bridgehead atoms. The smallest absolute Gasteiger partial charge is 0.243 e. The fourth-order valence-corrected chi connectivity index (χ4v) is 5.92. The Kier molecular flexibility index (Phi) is 8.78. The van der Waals surface area contributed by atoms with Crippen LogP contribution in [0.25, 0.3) is 0 Å². The van der Waals surface area contributed by atoms with E-state index >= 15 is 0 Å². The molecule has 1 N–H and O–H groups in total. The first kappa shape index (κ1) is 26.6. The van der Waals surface area contributed by atoms with E-state index in [0.717, 1.165) is 24.0 Å². The molecule has 1 saturated heterocycles. The molecule has 1 aliphatic heterocycles. The van der Waals surface area contributed by atoms with Gasteiger partial charge in [-0.2, -0.15) is 4.31 Å². The van der Waals surface area contributed by atoms with Gasteiger partial charge in [-0.1, -0.05) is 42.5 Å². The molecule has 4 rings (SSSR count). The second-order valence-electron chi connectivity index (χ2n) is 9.24. The molecule has 0 radical (unpaired) electrons. The Morgan fingerprint density at radius 2 is 1.68 bits per heavy atom. The summed E-state index contributed by atoms with van der Waals surface area (Å²) in [6.07, 6.45) is 3.96. The van der Waals surface area contributed by atoms with Crippen LogP contribution in [0.1, 0.15) is 43.1 Å². The van der Waals surface area contributed by atoms with E-state index in [0.29, 0.717) is 31.8 Å². The third-order valence-corrected chi connectivity index (χ3v) is 8.55. The molecule has 37 heavy (non-hydrogen) atoms. The van der Waals surface area contributed by atoms with Crippen molar-refractivity contribution in [2.24, 2.45) is 0 Å². The lowest BCUT2D eigenvalue weighted by Crippen LogP contribution is -2.47. The summed E-state index contributed by atoms with van der Waals surface area (Å²) < 4.78 is 32.3. The number of sulfonamides is 1. The molecule has 3 aromatic rings. The highest BCUT2D eigenvalue weighted by atomic mass is 32.2. The molecule has 1 atom stereocenters. The van der Waals surface area contributed by atoms with Gasteiger partial charge in [-0.3, -0.25) is 9.59 Å². The number of benzene rings is 2. The average Bonchev–Trinajstić information content (AvgIpc) is 3.65. The molecule has 0 saturated carbocycles. The minimum absolute atomic E-state index is 0.154. The summed E-state index contributed by atoms with van der Waals surface area (Å²) in [6.45, 7) is 3.39. The second kappa shape index (κ2) is 12.2. The molecule has 2 aromatic carbocycles. The number of carbonyl (C=O) groups is 2. The predicted octanol–water partition coefficient (Wildman–Crippen LogP) is 3.73. The van der Waals surface area contributed by atoms with Crippen LogP contribution in [0.5, 0.6) is 0 Å². The van der Waals surface area contributed by atoms with E-state index in [1.54, 1.807) is 54.5 Å². The van der Waals surface area contributed by atoms with Gasteiger partial charge in [0.25, 0.3) is 0 Å². The van der Waals surface area contributed by atoms with Gasteiger partial charge in [0.1, 0.15) is 11.8 Å². The summed E-state index contributed by atoms with van der Waals surface area (Å²) in [4.78, 5) is 28.1. The number of furan rings is 1. The van der Waals surface area contributed by atoms with Crippen molar-refractivity contribution in [1.82, 2.24) is 14.5 Å². The third-order valence-electron chi connectivity index (χ3n) is 6.63. The minimum Gasteiger partial charge on any atom is -0.467 e. The van der Waals surface area contributed by atoms with Gasteiger partial charge in [0.15, 0.2) is 0 Å². The Morgan fingerprint density at radius 1 is 0.973 bits per heavy atom. The monoisotopic (exact) mass is 523 g/mol. The number of hydrogen-bond acceptors (Lipinski definition) is 5. The van der Waals surface area contributed by atoms with Crippen molar-refractivity contribution in [3.8, 4) is 0 Å².